The van der Waals surface area contributed by atoms with Crippen LogP contribution in [0.5, 0.6) is 5.75 Å². The van der Waals surface area contributed by atoms with E-state index in [0.717, 1.165) is 0 Å². The van der Waals surface area contributed by atoms with Crippen molar-refractivity contribution in [1.29, 1.82) is 0 Å². The number of hydrogen-bond acceptors (Lipinski definition) is 4. The molecule has 0 aliphatic heterocycles. The Kier molecular flexibility index (Phi) is 5.86. The summed E-state index contributed by atoms with van der Waals surface area (Å²) in [6, 6.07) is 12.9. The number of carbonyl (C=O) groups excluding carboxylic acids is 1. The minimum Gasteiger partial charge on any atom is -0.505 e. The summed E-state index contributed by atoms with van der Waals surface area (Å²) in [5.74, 6) is -1.31. The number of rotatable bonds is 4. The third-order valence-corrected chi connectivity index (χ3v) is 5.66. The summed E-state index contributed by atoms with van der Waals surface area (Å²) in [6.07, 6.45) is 1.39. The van der Waals surface area contributed by atoms with Crippen molar-refractivity contribution in [3.05, 3.63) is 98.3 Å². The van der Waals surface area contributed by atoms with E-state index in [1.165, 1.54) is 35.2 Å². The number of anilines is 1. The summed E-state index contributed by atoms with van der Waals surface area (Å²) in [6.45, 7) is 1.76. The summed E-state index contributed by atoms with van der Waals surface area (Å²) >= 11 is 11.8. The molecule has 0 saturated carbocycles. The van der Waals surface area contributed by atoms with Gasteiger partial charge in [0, 0.05) is 5.56 Å². The molecule has 1 amide bonds. The molecule has 9 heteroatoms. The molecule has 4 aromatic rings. The molecule has 1 aromatic heterocycles. The molecule has 0 fully saturated rings. The lowest BCUT2D eigenvalue weighted by molar-refractivity contribution is 0.102. The van der Waals surface area contributed by atoms with Gasteiger partial charge in [-0.1, -0.05) is 41.4 Å². The number of carbonyl (C=O) groups is 1. The highest BCUT2D eigenvalue weighted by molar-refractivity contribution is 6.37. The Morgan fingerprint density at radius 3 is 2.50 bits per heavy atom. The monoisotopic (exact) mass is 471 g/mol. The number of halogens is 3. The van der Waals surface area contributed by atoms with Gasteiger partial charge < -0.3 is 10.4 Å². The van der Waals surface area contributed by atoms with E-state index in [1.54, 1.807) is 37.3 Å². The number of benzene rings is 3. The lowest BCUT2D eigenvalue weighted by Gasteiger charge is -2.17. The third kappa shape index (κ3) is 4.04. The molecule has 0 saturated heterocycles. The number of phenolic OH excluding ortho intramolecular Hbond substituents is 1. The van der Waals surface area contributed by atoms with E-state index in [4.69, 9.17) is 23.2 Å². The molecule has 0 radical (unpaired) electrons. The lowest BCUT2D eigenvalue weighted by Crippen LogP contribution is -2.25. The minimum absolute atomic E-state index is 0.0755. The first-order valence-corrected chi connectivity index (χ1v) is 10.3. The number of aromatic nitrogens is 2. The molecular formula is C23H16Cl2FN3O3. The van der Waals surface area contributed by atoms with E-state index >= 15 is 0 Å². The van der Waals surface area contributed by atoms with Crippen LogP contribution in [0.25, 0.3) is 10.9 Å². The first kappa shape index (κ1) is 21.8. The quantitative estimate of drug-likeness (QED) is 0.416. The minimum atomic E-state index is -0.575. The average Bonchev–Trinajstić information content (AvgIpc) is 2.77. The van der Waals surface area contributed by atoms with Crippen LogP contribution >= 0.6 is 23.2 Å². The van der Waals surface area contributed by atoms with Gasteiger partial charge in [-0.25, -0.2) is 9.37 Å². The van der Waals surface area contributed by atoms with Gasteiger partial charge in [0.2, 0.25) is 0 Å². The topological polar surface area (TPSA) is 84.2 Å². The fraction of sp³-hybridized carbons (Fsp3) is 0.0870. The van der Waals surface area contributed by atoms with Crippen LogP contribution in [-0.2, 0) is 0 Å². The van der Waals surface area contributed by atoms with Gasteiger partial charge in [-0.15, -0.1) is 0 Å². The molecule has 1 unspecified atom stereocenters. The second kappa shape index (κ2) is 8.61. The zero-order chi connectivity index (χ0) is 23.0. The zero-order valence-electron chi connectivity index (χ0n) is 16.6. The SMILES string of the molecule is CC(c1cccc(F)c1)n1cnc2cccc(NC(=O)c3cc(Cl)c(O)c(Cl)c3)c2c1=O. The number of aromatic hydroxyl groups is 1. The van der Waals surface area contributed by atoms with Gasteiger partial charge in [0.1, 0.15) is 5.82 Å². The largest absolute Gasteiger partial charge is 0.505 e. The highest BCUT2D eigenvalue weighted by atomic mass is 35.5. The standard InChI is InChI=1S/C23H16Cl2FN3O3/c1-12(13-4-2-5-15(26)8-13)29-11-27-18-6-3-7-19(20(18)23(29)32)28-22(31)14-9-16(24)21(30)17(25)10-14/h2-12,30H,1H3,(H,28,31). The van der Waals surface area contributed by atoms with Gasteiger partial charge in [-0.05, 0) is 48.9 Å². The first-order valence-electron chi connectivity index (χ1n) is 9.51. The summed E-state index contributed by atoms with van der Waals surface area (Å²) < 4.78 is 15.0. The number of phenols is 1. The van der Waals surface area contributed by atoms with E-state index in [9.17, 15) is 19.1 Å². The molecular weight excluding hydrogens is 456 g/mol. The van der Waals surface area contributed by atoms with E-state index < -0.39 is 23.3 Å². The molecule has 1 atom stereocenters. The number of amides is 1. The predicted octanol–water partition coefficient (Wildman–Crippen LogP) is 5.41. The molecule has 32 heavy (non-hydrogen) atoms. The van der Waals surface area contributed by atoms with Crippen LogP contribution in [0.3, 0.4) is 0 Å². The molecule has 3 aromatic carbocycles. The van der Waals surface area contributed by atoms with Crippen molar-refractivity contribution in [1.82, 2.24) is 9.55 Å². The fourth-order valence-corrected chi connectivity index (χ4v) is 3.86. The highest BCUT2D eigenvalue weighted by Crippen LogP contribution is 2.33. The van der Waals surface area contributed by atoms with Crippen molar-refractivity contribution < 1.29 is 14.3 Å². The van der Waals surface area contributed by atoms with Crippen molar-refractivity contribution >= 4 is 45.7 Å². The van der Waals surface area contributed by atoms with Crippen LogP contribution in [0.15, 0.2) is 65.7 Å². The molecule has 4 rings (SSSR count). The normalized spacial score (nSPS) is 12.0. The average molecular weight is 472 g/mol. The van der Waals surface area contributed by atoms with Crippen molar-refractivity contribution in [2.75, 3.05) is 5.32 Å². The number of nitrogens with zero attached hydrogens (tertiary/aromatic N) is 2. The number of hydrogen-bond donors (Lipinski definition) is 2. The van der Waals surface area contributed by atoms with Crippen molar-refractivity contribution in [2.24, 2.45) is 0 Å². The van der Waals surface area contributed by atoms with Gasteiger partial charge in [0.15, 0.2) is 5.75 Å². The number of fused-ring (bicyclic) bond motifs is 1. The lowest BCUT2D eigenvalue weighted by atomic mass is 10.1. The van der Waals surface area contributed by atoms with Crippen molar-refractivity contribution in [3.63, 3.8) is 0 Å². The van der Waals surface area contributed by atoms with Crippen LogP contribution in [0.4, 0.5) is 10.1 Å². The third-order valence-electron chi connectivity index (χ3n) is 5.09. The van der Waals surface area contributed by atoms with E-state index in [1.807, 2.05) is 0 Å². The highest BCUT2D eigenvalue weighted by Gasteiger charge is 2.18. The smallest absolute Gasteiger partial charge is 0.263 e. The molecule has 0 spiro atoms. The Balaban J connectivity index is 1.77. The Labute approximate surface area is 191 Å². The zero-order valence-corrected chi connectivity index (χ0v) is 18.2. The Morgan fingerprint density at radius 1 is 1.12 bits per heavy atom. The molecule has 1 heterocycles. The van der Waals surface area contributed by atoms with Crippen LogP contribution in [-0.4, -0.2) is 20.6 Å². The van der Waals surface area contributed by atoms with Gasteiger partial charge >= 0.3 is 0 Å². The van der Waals surface area contributed by atoms with Gasteiger partial charge in [-0.3, -0.25) is 14.2 Å². The fourth-order valence-electron chi connectivity index (χ4n) is 3.38. The maximum Gasteiger partial charge on any atom is 0.263 e. The van der Waals surface area contributed by atoms with E-state index in [0.29, 0.717) is 11.1 Å². The van der Waals surface area contributed by atoms with Crippen LogP contribution in [0.1, 0.15) is 28.9 Å². The molecule has 6 nitrogen and oxygen atoms in total. The van der Waals surface area contributed by atoms with Crippen LogP contribution in [0, 0.1) is 5.82 Å². The summed E-state index contributed by atoms with van der Waals surface area (Å²) in [5, 5.41) is 12.4. The first-order chi connectivity index (χ1) is 15.3. The number of nitrogens with one attached hydrogen (secondary N) is 1. The van der Waals surface area contributed by atoms with Gasteiger partial charge in [-0.2, -0.15) is 0 Å². The van der Waals surface area contributed by atoms with Crippen LogP contribution in [0.2, 0.25) is 10.0 Å². The Hall–Kier alpha value is -3.42. The summed E-state index contributed by atoms with van der Waals surface area (Å²) in [4.78, 5) is 30.4. The molecule has 0 aliphatic carbocycles. The molecule has 0 aliphatic rings. The summed E-state index contributed by atoms with van der Waals surface area (Å²) in [7, 11) is 0. The van der Waals surface area contributed by atoms with Crippen LogP contribution < -0.4 is 10.9 Å². The molecule has 2 N–H and O–H groups in total. The second-order valence-electron chi connectivity index (χ2n) is 7.13. The Bertz CT molecular complexity index is 1400. The molecule has 162 valence electrons. The maximum atomic E-state index is 13.7. The second-order valence-corrected chi connectivity index (χ2v) is 7.94. The van der Waals surface area contributed by atoms with Gasteiger partial charge in [0.25, 0.3) is 11.5 Å². The van der Waals surface area contributed by atoms with Crippen molar-refractivity contribution in [3.8, 4) is 5.75 Å². The maximum absolute atomic E-state index is 13.7. The molecule has 0 bridgehead atoms. The van der Waals surface area contributed by atoms with Crippen molar-refractivity contribution in [2.45, 2.75) is 13.0 Å². The van der Waals surface area contributed by atoms with Gasteiger partial charge in [0.05, 0.1) is 39.0 Å². The Morgan fingerprint density at radius 2 is 1.81 bits per heavy atom. The van der Waals surface area contributed by atoms with E-state index in [-0.39, 0.29) is 32.4 Å². The summed E-state index contributed by atoms with van der Waals surface area (Å²) in [5.41, 5.74) is 0.933. The van der Waals surface area contributed by atoms with E-state index in [2.05, 4.69) is 10.3 Å². The predicted molar refractivity (Wildman–Crippen MR) is 122 cm³/mol.